The van der Waals surface area contributed by atoms with E-state index in [0.29, 0.717) is 6.42 Å². The summed E-state index contributed by atoms with van der Waals surface area (Å²) >= 11 is 0. The smallest absolute Gasteiger partial charge is 0.347 e. The van der Waals surface area contributed by atoms with Crippen molar-refractivity contribution in [3.63, 3.8) is 0 Å². The lowest BCUT2D eigenvalue weighted by molar-refractivity contribution is -0.138. The predicted molar refractivity (Wildman–Crippen MR) is 105 cm³/mol. The molecule has 0 aliphatic heterocycles. The molecule has 1 aromatic heterocycles. The number of aryl methyl sites for hydroxylation is 1. The van der Waals surface area contributed by atoms with Crippen molar-refractivity contribution in [2.45, 2.75) is 19.5 Å². The van der Waals surface area contributed by atoms with Gasteiger partial charge >= 0.3 is 18.0 Å². The standard InChI is InChI=1S/C21H19F3N4O2/c1-14-4-2-5-15(12-14)8-10-25-19(29)20(30)27-18-7-6-16(28-11-3-9-26-28)13-17(18)21(22,23)24/h2-7,9,11-13H,8,10H2,1H3,(H,25,29)(H,27,30). The summed E-state index contributed by atoms with van der Waals surface area (Å²) in [6, 6.07) is 12.5. The van der Waals surface area contributed by atoms with Crippen LogP contribution < -0.4 is 10.6 Å². The van der Waals surface area contributed by atoms with Gasteiger partial charge in [0.25, 0.3) is 0 Å². The molecule has 0 saturated heterocycles. The Morgan fingerprint density at radius 1 is 1.07 bits per heavy atom. The zero-order valence-electron chi connectivity index (χ0n) is 16.0. The maximum atomic E-state index is 13.5. The number of rotatable bonds is 5. The molecule has 6 nitrogen and oxygen atoms in total. The van der Waals surface area contributed by atoms with Crippen LogP contribution in [0.3, 0.4) is 0 Å². The number of halogens is 3. The first-order valence-electron chi connectivity index (χ1n) is 9.10. The fourth-order valence-corrected chi connectivity index (χ4v) is 2.89. The van der Waals surface area contributed by atoms with Gasteiger partial charge in [-0.2, -0.15) is 18.3 Å². The van der Waals surface area contributed by atoms with Crippen LogP contribution >= 0.6 is 0 Å². The molecule has 0 saturated carbocycles. The first-order valence-corrected chi connectivity index (χ1v) is 9.10. The highest BCUT2D eigenvalue weighted by Gasteiger charge is 2.35. The van der Waals surface area contributed by atoms with Crippen molar-refractivity contribution in [3.8, 4) is 5.69 Å². The first-order chi connectivity index (χ1) is 14.2. The maximum absolute atomic E-state index is 13.5. The summed E-state index contributed by atoms with van der Waals surface area (Å²) in [4.78, 5) is 24.1. The summed E-state index contributed by atoms with van der Waals surface area (Å²) in [7, 11) is 0. The molecule has 156 valence electrons. The topological polar surface area (TPSA) is 76.0 Å². The van der Waals surface area contributed by atoms with E-state index in [0.717, 1.165) is 23.3 Å². The lowest BCUT2D eigenvalue weighted by atomic mass is 10.1. The van der Waals surface area contributed by atoms with Crippen molar-refractivity contribution < 1.29 is 22.8 Å². The summed E-state index contributed by atoms with van der Waals surface area (Å²) in [5, 5.41) is 8.35. The molecule has 2 N–H and O–H groups in total. The lowest BCUT2D eigenvalue weighted by Crippen LogP contribution is -2.36. The molecular weight excluding hydrogens is 397 g/mol. The zero-order valence-corrected chi connectivity index (χ0v) is 16.0. The number of amides is 2. The van der Waals surface area contributed by atoms with E-state index in [1.807, 2.05) is 36.5 Å². The molecule has 2 amide bonds. The van der Waals surface area contributed by atoms with Crippen LogP contribution in [-0.4, -0.2) is 28.1 Å². The van der Waals surface area contributed by atoms with Gasteiger partial charge in [0, 0.05) is 18.9 Å². The third kappa shape index (κ3) is 5.25. The molecule has 0 aliphatic rings. The molecular formula is C21H19F3N4O2. The van der Waals surface area contributed by atoms with E-state index in [-0.39, 0.29) is 12.2 Å². The molecule has 0 aliphatic carbocycles. The van der Waals surface area contributed by atoms with E-state index in [2.05, 4.69) is 10.4 Å². The lowest BCUT2D eigenvalue weighted by Gasteiger charge is -2.15. The summed E-state index contributed by atoms with van der Waals surface area (Å²) in [6.45, 7) is 2.12. The van der Waals surface area contributed by atoms with Crippen LogP contribution in [-0.2, 0) is 22.2 Å². The molecule has 0 fully saturated rings. The third-order valence-corrected chi connectivity index (χ3v) is 4.31. The van der Waals surface area contributed by atoms with Gasteiger partial charge in [-0.1, -0.05) is 29.8 Å². The van der Waals surface area contributed by atoms with Crippen molar-refractivity contribution >= 4 is 17.5 Å². The zero-order chi connectivity index (χ0) is 21.7. The highest BCUT2D eigenvalue weighted by atomic mass is 19.4. The van der Waals surface area contributed by atoms with Crippen LogP contribution in [0.1, 0.15) is 16.7 Å². The van der Waals surface area contributed by atoms with E-state index >= 15 is 0 Å². The van der Waals surface area contributed by atoms with Gasteiger partial charge in [-0.15, -0.1) is 0 Å². The number of hydrogen-bond donors (Lipinski definition) is 2. The highest BCUT2D eigenvalue weighted by Crippen LogP contribution is 2.36. The van der Waals surface area contributed by atoms with Crippen molar-refractivity contribution in [2.75, 3.05) is 11.9 Å². The van der Waals surface area contributed by atoms with Crippen LogP contribution in [0, 0.1) is 6.92 Å². The first kappa shape index (κ1) is 21.1. The Morgan fingerprint density at radius 2 is 1.87 bits per heavy atom. The molecule has 9 heteroatoms. The third-order valence-electron chi connectivity index (χ3n) is 4.31. The van der Waals surface area contributed by atoms with Crippen molar-refractivity contribution in [2.24, 2.45) is 0 Å². The molecule has 3 aromatic rings. The van der Waals surface area contributed by atoms with Gasteiger partial charge in [-0.25, -0.2) is 4.68 Å². The van der Waals surface area contributed by atoms with Gasteiger partial charge in [-0.05, 0) is 43.2 Å². The molecule has 0 radical (unpaired) electrons. The average molecular weight is 416 g/mol. The number of nitrogens with zero attached hydrogens (tertiary/aromatic N) is 2. The minimum atomic E-state index is -4.73. The number of carbonyl (C=O) groups is 2. The Morgan fingerprint density at radius 3 is 2.53 bits per heavy atom. The predicted octanol–water partition coefficient (Wildman–Crippen LogP) is 3.50. The average Bonchev–Trinajstić information content (AvgIpc) is 3.22. The minimum Gasteiger partial charge on any atom is -0.347 e. The number of carbonyl (C=O) groups excluding carboxylic acids is 2. The number of anilines is 1. The molecule has 0 spiro atoms. The SMILES string of the molecule is Cc1cccc(CCNC(=O)C(=O)Nc2ccc(-n3cccn3)cc2C(F)(F)F)c1. The van der Waals surface area contributed by atoms with E-state index in [1.54, 1.807) is 6.07 Å². The Labute approximate surface area is 170 Å². The summed E-state index contributed by atoms with van der Waals surface area (Å²) in [5.41, 5.74) is 0.640. The number of benzene rings is 2. The van der Waals surface area contributed by atoms with Gasteiger partial charge < -0.3 is 10.6 Å². The summed E-state index contributed by atoms with van der Waals surface area (Å²) in [6.07, 6.45) is -1.31. The second kappa shape index (κ2) is 8.81. The molecule has 0 unspecified atom stereocenters. The number of nitrogens with one attached hydrogen (secondary N) is 2. The number of hydrogen-bond acceptors (Lipinski definition) is 3. The Kier molecular flexibility index (Phi) is 6.20. The molecule has 0 atom stereocenters. The molecule has 1 heterocycles. The molecule has 0 bridgehead atoms. The van der Waals surface area contributed by atoms with Crippen molar-refractivity contribution in [3.05, 3.63) is 77.6 Å². The normalized spacial score (nSPS) is 11.2. The highest BCUT2D eigenvalue weighted by molar-refractivity contribution is 6.39. The molecule has 3 rings (SSSR count). The van der Waals surface area contributed by atoms with Crippen LogP contribution in [0.25, 0.3) is 5.69 Å². The van der Waals surface area contributed by atoms with Crippen LogP contribution in [0.4, 0.5) is 18.9 Å². The van der Waals surface area contributed by atoms with Crippen LogP contribution in [0.2, 0.25) is 0 Å². The molecule has 2 aromatic carbocycles. The second-order valence-corrected chi connectivity index (χ2v) is 6.63. The number of aromatic nitrogens is 2. The minimum absolute atomic E-state index is 0.174. The van der Waals surface area contributed by atoms with Crippen LogP contribution in [0.5, 0.6) is 0 Å². The van der Waals surface area contributed by atoms with Gasteiger partial charge in [0.1, 0.15) is 0 Å². The quantitative estimate of drug-likeness (QED) is 0.625. The van der Waals surface area contributed by atoms with E-state index in [9.17, 15) is 22.8 Å². The monoisotopic (exact) mass is 416 g/mol. The molecule has 30 heavy (non-hydrogen) atoms. The Balaban J connectivity index is 1.67. The summed E-state index contributed by atoms with van der Waals surface area (Å²) in [5.74, 6) is -2.18. The van der Waals surface area contributed by atoms with Crippen molar-refractivity contribution in [1.82, 2.24) is 15.1 Å². The van der Waals surface area contributed by atoms with E-state index in [1.165, 1.54) is 23.1 Å². The maximum Gasteiger partial charge on any atom is 0.418 e. The summed E-state index contributed by atoms with van der Waals surface area (Å²) < 4.78 is 41.7. The Hall–Kier alpha value is -3.62. The number of alkyl halides is 3. The van der Waals surface area contributed by atoms with Crippen molar-refractivity contribution in [1.29, 1.82) is 0 Å². The van der Waals surface area contributed by atoms with Gasteiger partial charge in [0.2, 0.25) is 0 Å². The van der Waals surface area contributed by atoms with Gasteiger partial charge in [-0.3, -0.25) is 9.59 Å². The van der Waals surface area contributed by atoms with Gasteiger partial charge in [0.15, 0.2) is 0 Å². The van der Waals surface area contributed by atoms with Gasteiger partial charge in [0.05, 0.1) is 16.9 Å². The van der Waals surface area contributed by atoms with E-state index < -0.39 is 29.2 Å². The fourth-order valence-electron chi connectivity index (χ4n) is 2.89. The van der Waals surface area contributed by atoms with E-state index in [4.69, 9.17) is 0 Å². The van der Waals surface area contributed by atoms with Crippen LogP contribution in [0.15, 0.2) is 60.9 Å². The fraction of sp³-hybridized carbons (Fsp3) is 0.190. The Bertz CT molecular complexity index is 1050. The second-order valence-electron chi connectivity index (χ2n) is 6.63. The largest absolute Gasteiger partial charge is 0.418 e.